The fourth-order valence-electron chi connectivity index (χ4n) is 6.66. The smallest absolute Gasteiger partial charge is 0.354 e. The molecule has 1 aliphatic rings. The summed E-state index contributed by atoms with van der Waals surface area (Å²) in [7, 11) is 0. The zero-order chi connectivity index (χ0) is 30.0. The minimum absolute atomic E-state index is 0.476. The lowest BCUT2D eigenvalue weighted by molar-refractivity contribution is -0.192. The quantitative estimate of drug-likeness (QED) is 0.146. The molecule has 0 amide bonds. The van der Waals surface area contributed by atoms with Gasteiger partial charge in [0.1, 0.15) is 5.54 Å². The molecule has 3 aromatic carbocycles. The number of H-pyrrole nitrogens is 2. The van der Waals surface area contributed by atoms with E-state index in [0.717, 1.165) is 33.1 Å². The molecule has 1 aliphatic carbocycles. The number of benzene rings is 3. The summed E-state index contributed by atoms with van der Waals surface area (Å²) in [5.74, 6) is -1.21. The van der Waals surface area contributed by atoms with Crippen molar-refractivity contribution in [3.8, 4) is 11.3 Å². The van der Waals surface area contributed by atoms with Gasteiger partial charge >= 0.3 is 6.18 Å². The molecule has 3 atom stereocenters. The minimum Gasteiger partial charge on any atom is -0.354 e. The fraction of sp³-hybridized carbons (Fsp3) is 0.171. The first kappa shape index (κ1) is 27.6. The van der Waals surface area contributed by atoms with Crippen LogP contribution in [0.5, 0.6) is 0 Å². The summed E-state index contributed by atoms with van der Waals surface area (Å²) in [6.45, 7) is 1.67. The third-order valence-corrected chi connectivity index (χ3v) is 9.10. The van der Waals surface area contributed by atoms with Crippen LogP contribution >= 0.6 is 12.6 Å². The van der Waals surface area contributed by atoms with Crippen molar-refractivity contribution in [3.63, 3.8) is 0 Å². The zero-order valence-corrected chi connectivity index (χ0v) is 24.2. The predicted molar refractivity (Wildman–Crippen MR) is 171 cm³/mol. The maximum atomic E-state index is 15.5. The number of aromatic amines is 2. The van der Waals surface area contributed by atoms with Crippen molar-refractivity contribution in [2.24, 2.45) is 5.73 Å². The Labute approximate surface area is 252 Å². The maximum absolute atomic E-state index is 15.5. The Hall–Kier alpha value is -4.27. The number of hydrogen-bond acceptors (Lipinski definition) is 3. The molecule has 4 nitrogen and oxygen atoms in total. The number of rotatable bonds is 6. The van der Waals surface area contributed by atoms with Crippen LogP contribution in [0.3, 0.4) is 0 Å². The highest BCUT2D eigenvalue weighted by Crippen LogP contribution is 2.57. The molecule has 216 valence electrons. The van der Waals surface area contributed by atoms with E-state index in [-0.39, 0.29) is 0 Å². The van der Waals surface area contributed by atoms with Crippen molar-refractivity contribution in [1.29, 1.82) is 0 Å². The molecule has 4 N–H and O–H groups in total. The molecule has 0 bridgehead atoms. The molecule has 3 unspecified atom stereocenters. The van der Waals surface area contributed by atoms with Gasteiger partial charge in [-0.05, 0) is 65.9 Å². The van der Waals surface area contributed by atoms with Gasteiger partial charge in [0, 0.05) is 56.1 Å². The second kappa shape index (κ2) is 9.89. The zero-order valence-electron chi connectivity index (χ0n) is 23.3. The number of para-hydroxylation sites is 2. The van der Waals surface area contributed by atoms with Gasteiger partial charge in [-0.15, -0.1) is 0 Å². The van der Waals surface area contributed by atoms with E-state index >= 15 is 13.2 Å². The van der Waals surface area contributed by atoms with Gasteiger partial charge in [-0.1, -0.05) is 66.7 Å². The Kier molecular flexibility index (Phi) is 6.34. The van der Waals surface area contributed by atoms with Gasteiger partial charge in [-0.2, -0.15) is 25.8 Å². The molecule has 6 aromatic rings. The lowest BCUT2D eigenvalue weighted by Gasteiger charge is -2.43. The van der Waals surface area contributed by atoms with Gasteiger partial charge in [0.25, 0.3) is 0 Å². The van der Waals surface area contributed by atoms with E-state index in [1.807, 2.05) is 72.8 Å². The number of fused-ring (bicyclic) bond motifs is 3. The summed E-state index contributed by atoms with van der Waals surface area (Å²) >= 11 is 4.78. The highest BCUT2D eigenvalue weighted by molar-refractivity contribution is 7.81. The lowest BCUT2D eigenvalue weighted by Crippen LogP contribution is -2.60. The van der Waals surface area contributed by atoms with Gasteiger partial charge in [-0.3, -0.25) is 4.98 Å². The van der Waals surface area contributed by atoms with E-state index in [2.05, 4.69) is 15.0 Å². The van der Waals surface area contributed by atoms with E-state index in [0.29, 0.717) is 28.0 Å². The second-order valence-electron chi connectivity index (χ2n) is 11.6. The van der Waals surface area contributed by atoms with E-state index in [1.54, 1.807) is 43.6 Å². The molecular formula is C35H29F3N4S. The molecule has 0 aliphatic heterocycles. The van der Waals surface area contributed by atoms with Crippen LogP contribution in [-0.2, 0) is 4.75 Å². The van der Waals surface area contributed by atoms with Crippen LogP contribution in [0.4, 0.5) is 13.2 Å². The summed E-state index contributed by atoms with van der Waals surface area (Å²) in [4.78, 5) is 11.1. The van der Waals surface area contributed by atoms with Gasteiger partial charge in [-0.25, -0.2) is 0 Å². The van der Waals surface area contributed by atoms with Gasteiger partial charge in [0.05, 0.1) is 5.69 Å². The Morgan fingerprint density at radius 2 is 1.60 bits per heavy atom. The highest BCUT2D eigenvalue weighted by Gasteiger charge is 2.61. The number of nitrogens with two attached hydrogens (primary N) is 1. The summed E-state index contributed by atoms with van der Waals surface area (Å²) in [5, 5.41) is 1.92. The fourth-order valence-corrected chi connectivity index (χ4v) is 7.05. The lowest BCUT2D eigenvalue weighted by atomic mass is 9.70. The van der Waals surface area contributed by atoms with Crippen molar-refractivity contribution in [1.82, 2.24) is 15.0 Å². The highest BCUT2D eigenvalue weighted by atomic mass is 32.1. The molecule has 7 rings (SSSR count). The number of hydrogen-bond donors (Lipinski definition) is 4. The normalized spacial score (nSPS) is 17.9. The topological polar surface area (TPSA) is 70.5 Å². The van der Waals surface area contributed by atoms with Crippen LogP contribution in [0.1, 0.15) is 41.6 Å². The van der Waals surface area contributed by atoms with Gasteiger partial charge in [0.15, 0.2) is 0 Å². The first-order chi connectivity index (χ1) is 20.6. The standard InChI is InChI=1S/C35H29F3N4S/c1-33(43,23-11-8-16-40-19-23)20-34(39,35(36,37)38)31-24-12-4-2-9-21(24)17-26(31)32-30(25-13-5-7-15-28(25)42-32)29-18-22-10-3-6-14-27(22)41-29/h2-19,31,41-43H,20,39H2,1H3. The van der Waals surface area contributed by atoms with Crippen LogP contribution in [0.2, 0.25) is 0 Å². The van der Waals surface area contributed by atoms with E-state index in [9.17, 15) is 0 Å². The van der Waals surface area contributed by atoms with E-state index < -0.39 is 28.8 Å². The van der Waals surface area contributed by atoms with Crippen molar-refractivity contribution in [3.05, 3.63) is 126 Å². The number of nitrogens with zero attached hydrogens (tertiary/aromatic N) is 1. The van der Waals surface area contributed by atoms with Crippen LogP contribution in [0.15, 0.2) is 103 Å². The number of halogens is 3. The maximum Gasteiger partial charge on any atom is 0.407 e. The molecule has 43 heavy (non-hydrogen) atoms. The van der Waals surface area contributed by atoms with Crippen LogP contribution in [0.25, 0.3) is 44.7 Å². The summed E-state index contributed by atoms with van der Waals surface area (Å²) in [6.07, 6.45) is -0.258. The van der Waals surface area contributed by atoms with Crippen molar-refractivity contribution >= 4 is 46.1 Å². The van der Waals surface area contributed by atoms with E-state index in [1.165, 1.54) is 0 Å². The third kappa shape index (κ3) is 4.48. The Morgan fingerprint density at radius 3 is 2.35 bits per heavy atom. The van der Waals surface area contributed by atoms with Crippen molar-refractivity contribution in [2.75, 3.05) is 0 Å². The number of nitrogens with one attached hydrogen (secondary N) is 2. The Morgan fingerprint density at radius 1 is 0.884 bits per heavy atom. The summed E-state index contributed by atoms with van der Waals surface area (Å²) in [5.41, 5.74) is 10.4. The minimum atomic E-state index is -4.77. The summed E-state index contributed by atoms with van der Waals surface area (Å²) < 4.78 is 45.4. The van der Waals surface area contributed by atoms with Crippen LogP contribution in [-0.4, -0.2) is 26.7 Å². The average molecular weight is 595 g/mol. The number of alkyl halides is 3. The molecule has 0 spiro atoms. The van der Waals surface area contributed by atoms with Crippen LogP contribution in [0, 0.1) is 0 Å². The van der Waals surface area contributed by atoms with Crippen molar-refractivity contribution < 1.29 is 13.2 Å². The van der Waals surface area contributed by atoms with E-state index in [4.69, 9.17) is 18.4 Å². The summed E-state index contributed by atoms with van der Waals surface area (Å²) in [6, 6.07) is 28.4. The van der Waals surface area contributed by atoms with Crippen LogP contribution < -0.4 is 5.73 Å². The SMILES string of the molecule is CC(S)(CC(N)(C1C(c2[nH]c3ccccc3c2-c2cc3ccccc3[nH]2)=Cc2ccccc21)C(F)(F)F)c1cccnc1. The molecule has 0 saturated carbocycles. The average Bonchev–Trinajstić information content (AvgIpc) is 3.69. The largest absolute Gasteiger partial charge is 0.407 e. The van der Waals surface area contributed by atoms with Gasteiger partial charge < -0.3 is 15.7 Å². The number of thiol groups is 1. The second-order valence-corrected chi connectivity index (χ2v) is 12.6. The Balaban J connectivity index is 1.46. The van der Waals surface area contributed by atoms with Crippen molar-refractivity contribution in [2.45, 2.75) is 35.7 Å². The first-order valence-corrected chi connectivity index (χ1v) is 14.5. The number of aromatic nitrogens is 3. The Bertz CT molecular complexity index is 1970. The number of pyridine rings is 1. The molecule has 3 heterocycles. The molecule has 0 fully saturated rings. The first-order valence-electron chi connectivity index (χ1n) is 14.0. The molecule has 0 radical (unpaired) electrons. The molecule has 0 saturated heterocycles. The van der Waals surface area contributed by atoms with Gasteiger partial charge in [0.2, 0.25) is 0 Å². The molecular weight excluding hydrogens is 565 g/mol. The predicted octanol–water partition coefficient (Wildman–Crippen LogP) is 8.84. The molecule has 8 heteroatoms. The third-order valence-electron chi connectivity index (χ3n) is 8.69. The monoisotopic (exact) mass is 594 g/mol. The molecule has 3 aromatic heterocycles.